The molecule has 3 N–H and O–H groups in total. The van der Waals surface area contributed by atoms with Crippen LogP contribution < -0.4 is 11.1 Å². The van der Waals surface area contributed by atoms with Crippen molar-refractivity contribution in [3.8, 4) is 21.8 Å². The number of urea groups is 1. The summed E-state index contributed by atoms with van der Waals surface area (Å²) in [5.74, 6) is -0.266. The van der Waals surface area contributed by atoms with Crippen LogP contribution in [0.3, 0.4) is 0 Å². The molecule has 0 aliphatic carbocycles. The first-order valence-corrected chi connectivity index (χ1v) is 7.38. The summed E-state index contributed by atoms with van der Waals surface area (Å²) in [5, 5.41) is 5.27. The van der Waals surface area contributed by atoms with Crippen LogP contribution in [-0.2, 0) is 0 Å². The van der Waals surface area contributed by atoms with Crippen LogP contribution in [0.15, 0.2) is 53.9 Å². The van der Waals surface area contributed by atoms with Crippen molar-refractivity contribution in [1.29, 1.82) is 0 Å². The second-order valence-corrected chi connectivity index (χ2v) is 5.47. The van der Waals surface area contributed by atoms with Gasteiger partial charge >= 0.3 is 6.03 Å². The molecule has 0 radical (unpaired) electrons. The van der Waals surface area contributed by atoms with Gasteiger partial charge in [-0.3, -0.25) is 0 Å². The second kappa shape index (κ2) is 5.95. The number of hydrogen-bond donors (Lipinski definition) is 2. The van der Waals surface area contributed by atoms with Crippen LogP contribution in [0, 0.1) is 5.82 Å². The Kier molecular flexibility index (Phi) is 3.84. The Morgan fingerprint density at radius 3 is 2.32 bits per heavy atom. The Hall–Kier alpha value is -2.73. The van der Waals surface area contributed by atoms with Crippen LogP contribution in [0.25, 0.3) is 21.8 Å². The van der Waals surface area contributed by atoms with E-state index in [0.29, 0.717) is 5.69 Å². The Labute approximate surface area is 130 Å². The number of nitrogens with two attached hydrogens (primary N) is 1. The minimum Gasteiger partial charge on any atom is -0.351 e. The highest BCUT2D eigenvalue weighted by molar-refractivity contribution is 7.13. The molecule has 0 atom stereocenters. The van der Waals surface area contributed by atoms with Crippen molar-refractivity contribution in [2.24, 2.45) is 5.73 Å². The van der Waals surface area contributed by atoms with E-state index < -0.39 is 6.03 Å². The average molecular weight is 313 g/mol. The fourth-order valence-corrected chi connectivity index (χ4v) is 2.83. The van der Waals surface area contributed by atoms with Crippen molar-refractivity contribution in [3.63, 3.8) is 0 Å². The molecule has 0 saturated carbocycles. The van der Waals surface area contributed by atoms with Crippen LogP contribution >= 0.6 is 11.3 Å². The van der Waals surface area contributed by atoms with Crippen molar-refractivity contribution in [2.45, 2.75) is 0 Å². The molecule has 0 aliphatic rings. The highest BCUT2D eigenvalue weighted by Crippen LogP contribution is 2.29. The maximum atomic E-state index is 12.9. The molecule has 4 nitrogen and oxygen atoms in total. The Morgan fingerprint density at radius 2 is 1.68 bits per heavy atom. The number of primary amides is 1. The van der Waals surface area contributed by atoms with Gasteiger partial charge < -0.3 is 11.1 Å². The Balaban J connectivity index is 1.84. The lowest BCUT2D eigenvalue weighted by atomic mass is 10.1. The average Bonchev–Trinajstić information content (AvgIpc) is 2.98. The van der Waals surface area contributed by atoms with E-state index in [1.165, 1.54) is 23.5 Å². The largest absolute Gasteiger partial charge is 0.351 e. The highest BCUT2D eigenvalue weighted by atomic mass is 32.1. The summed E-state index contributed by atoms with van der Waals surface area (Å²) in [7, 11) is 0. The lowest BCUT2D eigenvalue weighted by molar-refractivity contribution is 0.259. The Bertz CT molecular complexity index is 797. The predicted molar refractivity (Wildman–Crippen MR) is 86.2 cm³/mol. The van der Waals surface area contributed by atoms with Gasteiger partial charge in [0.1, 0.15) is 10.8 Å². The molecule has 0 unspecified atom stereocenters. The standard InChI is InChI=1S/C16H12FN3OS/c17-12-5-1-11(2-6-12)15-20-14(9-22-15)10-3-7-13(8-4-10)19-16(18)21/h1-9H,(H3,18,19,21). The normalized spacial score (nSPS) is 10.4. The number of aromatic nitrogens is 1. The van der Waals surface area contributed by atoms with Gasteiger partial charge in [-0.05, 0) is 36.4 Å². The number of carbonyl (C=O) groups is 1. The van der Waals surface area contributed by atoms with Crippen molar-refractivity contribution >= 4 is 23.1 Å². The first-order valence-electron chi connectivity index (χ1n) is 6.50. The predicted octanol–water partition coefficient (Wildman–Crippen LogP) is 4.11. The van der Waals surface area contributed by atoms with Crippen molar-refractivity contribution in [1.82, 2.24) is 4.98 Å². The number of benzene rings is 2. The first-order chi connectivity index (χ1) is 10.6. The van der Waals surface area contributed by atoms with Gasteiger partial charge in [-0.2, -0.15) is 0 Å². The van der Waals surface area contributed by atoms with E-state index in [4.69, 9.17) is 5.73 Å². The van der Waals surface area contributed by atoms with Gasteiger partial charge in [0.25, 0.3) is 0 Å². The van der Waals surface area contributed by atoms with Crippen LogP contribution in [0.4, 0.5) is 14.9 Å². The summed E-state index contributed by atoms with van der Waals surface area (Å²) in [6.45, 7) is 0. The van der Waals surface area contributed by atoms with Crippen molar-refractivity contribution in [2.75, 3.05) is 5.32 Å². The maximum Gasteiger partial charge on any atom is 0.316 e. The number of hydrogen-bond acceptors (Lipinski definition) is 3. The summed E-state index contributed by atoms with van der Waals surface area (Å²) in [6, 6.07) is 12.9. The van der Waals surface area contributed by atoms with E-state index in [-0.39, 0.29) is 5.82 Å². The van der Waals surface area contributed by atoms with Crippen molar-refractivity contribution < 1.29 is 9.18 Å². The van der Waals surface area contributed by atoms with Crippen LogP contribution in [0.2, 0.25) is 0 Å². The molecule has 3 rings (SSSR count). The number of nitrogens with zero attached hydrogens (tertiary/aromatic N) is 1. The van der Waals surface area contributed by atoms with E-state index in [1.807, 2.05) is 17.5 Å². The third kappa shape index (κ3) is 3.12. The zero-order valence-corrected chi connectivity index (χ0v) is 12.2. The lowest BCUT2D eigenvalue weighted by Gasteiger charge is -2.02. The number of nitrogens with one attached hydrogen (secondary N) is 1. The van der Waals surface area contributed by atoms with Gasteiger partial charge in [0.2, 0.25) is 0 Å². The molecule has 3 aromatic rings. The van der Waals surface area contributed by atoms with E-state index in [9.17, 15) is 9.18 Å². The lowest BCUT2D eigenvalue weighted by Crippen LogP contribution is -2.19. The zero-order chi connectivity index (χ0) is 15.5. The molecule has 0 bridgehead atoms. The minimum absolute atomic E-state index is 0.266. The molecule has 0 saturated heterocycles. The van der Waals surface area contributed by atoms with Gasteiger partial charge in [0.15, 0.2) is 0 Å². The van der Waals surface area contributed by atoms with Gasteiger partial charge in [0.05, 0.1) is 5.69 Å². The number of rotatable bonds is 3. The van der Waals surface area contributed by atoms with E-state index in [2.05, 4.69) is 10.3 Å². The molecule has 0 fully saturated rings. The molecule has 110 valence electrons. The number of carbonyl (C=O) groups excluding carboxylic acids is 1. The Morgan fingerprint density at radius 1 is 1.05 bits per heavy atom. The molecule has 2 amide bonds. The molecule has 0 aliphatic heterocycles. The quantitative estimate of drug-likeness (QED) is 0.764. The highest BCUT2D eigenvalue weighted by Gasteiger charge is 2.07. The molecule has 0 spiro atoms. The summed E-state index contributed by atoms with van der Waals surface area (Å²) < 4.78 is 12.9. The van der Waals surface area contributed by atoms with E-state index in [1.54, 1.807) is 24.3 Å². The number of halogens is 1. The molecule has 1 heterocycles. The summed E-state index contributed by atoms with van der Waals surface area (Å²) in [6.07, 6.45) is 0. The summed E-state index contributed by atoms with van der Waals surface area (Å²) >= 11 is 1.49. The molecule has 22 heavy (non-hydrogen) atoms. The van der Waals surface area contributed by atoms with Crippen molar-refractivity contribution in [3.05, 3.63) is 59.7 Å². The second-order valence-electron chi connectivity index (χ2n) is 4.61. The summed E-state index contributed by atoms with van der Waals surface area (Å²) in [5.41, 5.74) is 8.33. The van der Waals surface area contributed by atoms with Crippen LogP contribution in [-0.4, -0.2) is 11.0 Å². The molecular weight excluding hydrogens is 301 g/mol. The topological polar surface area (TPSA) is 68.0 Å². The molecular formula is C16H12FN3OS. The number of amides is 2. The molecule has 6 heteroatoms. The SMILES string of the molecule is NC(=O)Nc1ccc(-c2csc(-c3ccc(F)cc3)n2)cc1. The van der Waals surface area contributed by atoms with E-state index in [0.717, 1.165) is 21.8 Å². The maximum absolute atomic E-state index is 12.9. The zero-order valence-electron chi connectivity index (χ0n) is 11.4. The smallest absolute Gasteiger partial charge is 0.316 e. The molecule has 2 aromatic carbocycles. The number of thiazole rings is 1. The minimum atomic E-state index is -0.597. The monoisotopic (exact) mass is 313 g/mol. The first kappa shape index (κ1) is 14.2. The van der Waals surface area contributed by atoms with Gasteiger partial charge in [-0.25, -0.2) is 14.2 Å². The van der Waals surface area contributed by atoms with Gasteiger partial charge in [-0.15, -0.1) is 11.3 Å². The summed E-state index contributed by atoms with van der Waals surface area (Å²) in [4.78, 5) is 15.3. The third-order valence-corrected chi connectivity index (χ3v) is 3.93. The van der Waals surface area contributed by atoms with Gasteiger partial charge in [0, 0.05) is 22.2 Å². The fraction of sp³-hybridized carbons (Fsp3) is 0. The molecule has 1 aromatic heterocycles. The van der Waals surface area contributed by atoms with Crippen LogP contribution in [0.1, 0.15) is 0 Å². The van der Waals surface area contributed by atoms with Crippen LogP contribution in [0.5, 0.6) is 0 Å². The fourth-order valence-electron chi connectivity index (χ4n) is 2.00. The van der Waals surface area contributed by atoms with E-state index >= 15 is 0 Å². The number of anilines is 1. The van der Waals surface area contributed by atoms with Gasteiger partial charge in [-0.1, -0.05) is 12.1 Å². The third-order valence-electron chi connectivity index (χ3n) is 3.04.